The molecular weight excluding hydrogens is 534 g/mol. The van der Waals surface area contributed by atoms with Crippen LogP contribution in [0, 0.1) is 13.8 Å². The molecule has 224 valence electrons. The summed E-state index contributed by atoms with van der Waals surface area (Å²) in [6, 6.07) is 17.0. The van der Waals surface area contributed by atoms with Crippen molar-refractivity contribution in [1.29, 1.82) is 0 Å². The van der Waals surface area contributed by atoms with Gasteiger partial charge in [-0.15, -0.1) is 0 Å². The number of amides is 3. The van der Waals surface area contributed by atoms with Crippen molar-refractivity contribution in [3.63, 3.8) is 0 Å². The molecule has 3 N–H and O–H groups in total. The fourth-order valence-corrected chi connectivity index (χ4v) is 4.65. The number of nitrogens with zero attached hydrogens (tertiary/aromatic N) is 1. The van der Waals surface area contributed by atoms with Crippen molar-refractivity contribution in [3.8, 4) is 11.5 Å². The second kappa shape index (κ2) is 13.9. The molecule has 0 heterocycles. The largest absolute Gasteiger partial charge is 0.508 e. The quantitative estimate of drug-likeness (QED) is 0.286. The van der Waals surface area contributed by atoms with Crippen molar-refractivity contribution >= 4 is 23.6 Å². The summed E-state index contributed by atoms with van der Waals surface area (Å²) in [6.07, 6.45) is -0.629. The molecule has 3 amide bonds. The van der Waals surface area contributed by atoms with Crippen molar-refractivity contribution in [2.75, 3.05) is 19.0 Å². The molecule has 42 heavy (non-hydrogen) atoms. The molecular formula is C33H41N3O6. The first-order chi connectivity index (χ1) is 19.8. The summed E-state index contributed by atoms with van der Waals surface area (Å²) in [5, 5.41) is 15.4. The minimum atomic E-state index is -1.05. The van der Waals surface area contributed by atoms with Crippen LogP contribution in [-0.2, 0) is 20.7 Å². The Morgan fingerprint density at radius 1 is 0.952 bits per heavy atom. The highest BCUT2D eigenvalue weighted by molar-refractivity contribution is 5.99. The van der Waals surface area contributed by atoms with Gasteiger partial charge in [-0.05, 0) is 94.6 Å². The topological polar surface area (TPSA) is 117 Å². The number of likely N-dealkylation sites (N-methyl/N-ethyl adjacent to an activating group) is 1. The Hall–Kier alpha value is -4.53. The van der Waals surface area contributed by atoms with E-state index in [1.807, 2.05) is 32.0 Å². The maximum absolute atomic E-state index is 14.3. The normalized spacial score (nSPS) is 12.5. The highest BCUT2D eigenvalue weighted by Crippen LogP contribution is 2.28. The minimum Gasteiger partial charge on any atom is -0.508 e. The van der Waals surface area contributed by atoms with Gasteiger partial charge < -0.3 is 30.1 Å². The molecule has 9 heteroatoms. The number of benzene rings is 3. The van der Waals surface area contributed by atoms with E-state index in [0.29, 0.717) is 22.6 Å². The lowest BCUT2D eigenvalue weighted by atomic mass is 9.95. The number of phenols is 1. The number of aryl methyl sites for hydroxylation is 2. The second-order valence-electron chi connectivity index (χ2n) is 11.2. The Morgan fingerprint density at radius 3 is 2.14 bits per heavy atom. The summed E-state index contributed by atoms with van der Waals surface area (Å²) in [5.41, 5.74) is 3.03. The second-order valence-corrected chi connectivity index (χ2v) is 11.2. The maximum Gasteiger partial charge on any atom is 0.408 e. The summed E-state index contributed by atoms with van der Waals surface area (Å²) < 4.78 is 10.7. The number of alkyl carbamates (subject to hydrolysis) is 1. The van der Waals surface area contributed by atoms with Gasteiger partial charge in [-0.1, -0.05) is 35.9 Å². The van der Waals surface area contributed by atoms with Gasteiger partial charge in [0.1, 0.15) is 29.2 Å². The molecule has 0 spiro atoms. The van der Waals surface area contributed by atoms with Gasteiger partial charge in [0, 0.05) is 18.7 Å². The fraction of sp³-hybridized carbons (Fsp3) is 0.364. The average molecular weight is 576 g/mol. The first-order valence-corrected chi connectivity index (χ1v) is 13.9. The van der Waals surface area contributed by atoms with Crippen LogP contribution in [0.25, 0.3) is 0 Å². The van der Waals surface area contributed by atoms with Crippen LogP contribution in [0.1, 0.15) is 56.0 Å². The van der Waals surface area contributed by atoms with E-state index in [2.05, 4.69) is 10.6 Å². The number of hydrogen-bond acceptors (Lipinski definition) is 6. The molecule has 0 aliphatic rings. The lowest BCUT2D eigenvalue weighted by molar-refractivity contribution is -0.140. The van der Waals surface area contributed by atoms with Crippen LogP contribution >= 0.6 is 0 Å². The summed E-state index contributed by atoms with van der Waals surface area (Å²) in [6.45, 7) is 11.1. The zero-order chi connectivity index (χ0) is 31.0. The van der Waals surface area contributed by atoms with Crippen LogP contribution in [0.3, 0.4) is 0 Å². The number of ether oxygens (including phenoxy) is 2. The minimum absolute atomic E-state index is 0.0852. The zero-order valence-corrected chi connectivity index (χ0v) is 25.4. The fourth-order valence-electron chi connectivity index (χ4n) is 4.65. The van der Waals surface area contributed by atoms with Crippen molar-refractivity contribution < 1.29 is 29.0 Å². The molecule has 0 aromatic heterocycles. The number of aromatic hydroxyl groups is 1. The van der Waals surface area contributed by atoms with Gasteiger partial charge in [0.05, 0.1) is 7.11 Å². The van der Waals surface area contributed by atoms with Crippen LogP contribution in [0.4, 0.5) is 10.5 Å². The first kappa shape index (κ1) is 32.0. The van der Waals surface area contributed by atoms with Crippen LogP contribution in [0.5, 0.6) is 11.5 Å². The molecule has 0 saturated heterocycles. The molecule has 3 aromatic carbocycles. The molecule has 0 fully saturated rings. The van der Waals surface area contributed by atoms with Crippen molar-refractivity contribution in [2.24, 2.45) is 0 Å². The number of anilines is 1. The number of carbonyl (C=O) groups is 3. The number of methoxy groups -OCH3 is 1. The van der Waals surface area contributed by atoms with Gasteiger partial charge in [0.25, 0.3) is 5.91 Å². The van der Waals surface area contributed by atoms with Crippen LogP contribution in [0.15, 0.2) is 66.7 Å². The zero-order valence-electron chi connectivity index (χ0n) is 25.4. The smallest absolute Gasteiger partial charge is 0.408 e. The van der Waals surface area contributed by atoms with Crippen molar-refractivity contribution in [3.05, 3.63) is 89.0 Å². The molecule has 0 radical (unpaired) electrons. The lowest BCUT2D eigenvalue weighted by Crippen LogP contribution is -2.53. The molecule has 2 unspecified atom stereocenters. The predicted molar refractivity (Wildman–Crippen MR) is 163 cm³/mol. The van der Waals surface area contributed by atoms with Gasteiger partial charge in [0.15, 0.2) is 0 Å². The summed E-state index contributed by atoms with van der Waals surface area (Å²) >= 11 is 0. The van der Waals surface area contributed by atoms with Gasteiger partial charge in [-0.2, -0.15) is 0 Å². The summed E-state index contributed by atoms with van der Waals surface area (Å²) in [4.78, 5) is 42.6. The number of hydrogen-bond donors (Lipinski definition) is 3. The van der Waals surface area contributed by atoms with E-state index in [-0.39, 0.29) is 18.7 Å². The van der Waals surface area contributed by atoms with Crippen LogP contribution in [-0.4, -0.2) is 53.2 Å². The molecule has 3 aromatic rings. The molecule has 0 saturated carbocycles. The van der Waals surface area contributed by atoms with Gasteiger partial charge in [0.2, 0.25) is 5.91 Å². The highest BCUT2D eigenvalue weighted by Gasteiger charge is 2.36. The van der Waals surface area contributed by atoms with E-state index >= 15 is 0 Å². The van der Waals surface area contributed by atoms with E-state index in [1.54, 1.807) is 71.2 Å². The van der Waals surface area contributed by atoms with Gasteiger partial charge in [-0.25, -0.2) is 4.79 Å². The summed E-state index contributed by atoms with van der Waals surface area (Å²) in [7, 11) is 1.56. The SMILES string of the molecule is CCN(C(=O)C(Cc1ccc(O)cc1)NC(=O)OC(C)(C)C)C(C(=O)Nc1ccc(OC)cc1)c1ccc(C)cc1C. The third-order valence-corrected chi connectivity index (χ3v) is 6.63. The van der Waals surface area contributed by atoms with Crippen molar-refractivity contribution in [2.45, 2.75) is 65.6 Å². The molecule has 9 nitrogen and oxygen atoms in total. The van der Waals surface area contributed by atoms with Crippen molar-refractivity contribution in [1.82, 2.24) is 10.2 Å². The highest BCUT2D eigenvalue weighted by atomic mass is 16.6. The number of nitrogens with one attached hydrogen (secondary N) is 2. The number of phenolic OH excluding ortho intramolecular Hbond substituents is 1. The van der Waals surface area contributed by atoms with Gasteiger partial charge in [-0.3, -0.25) is 9.59 Å². The standard InChI is InChI=1S/C33H41N3O6/c1-8-36(31(39)28(35-32(40)42-33(4,5)6)20-23-10-14-25(37)15-11-23)29(27-18-9-21(2)19-22(27)3)30(38)34-24-12-16-26(41-7)17-13-24/h9-19,28-29,37H,8,20H2,1-7H3,(H,34,38)(H,35,40). The predicted octanol–water partition coefficient (Wildman–Crippen LogP) is 5.68. The van der Waals surface area contributed by atoms with E-state index < -0.39 is 35.6 Å². The Balaban J connectivity index is 2.02. The molecule has 0 aliphatic heterocycles. The Kier molecular flexibility index (Phi) is 10.6. The van der Waals surface area contributed by atoms with Crippen LogP contribution in [0.2, 0.25) is 0 Å². The Morgan fingerprint density at radius 2 is 1.60 bits per heavy atom. The third-order valence-electron chi connectivity index (χ3n) is 6.63. The van der Waals surface area contributed by atoms with Gasteiger partial charge >= 0.3 is 6.09 Å². The number of carbonyl (C=O) groups excluding carboxylic acids is 3. The molecule has 0 bridgehead atoms. The molecule has 3 rings (SSSR count). The first-order valence-electron chi connectivity index (χ1n) is 13.9. The average Bonchev–Trinajstić information content (AvgIpc) is 2.92. The Labute approximate surface area is 247 Å². The number of rotatable bonds is 10. The monoisotopic (exact) mass is 575 g/mol. The van der Waals surface area contributed by atoms with E-state index in [4.69, 9.17) is 9.47 Å². The molecule has 2 atom stereocenters. The lowest BCUT2D eigenvalue weighted by Gasteiger charge is -2.34. The van der Waals surface area contributed by atoms with E-state index in [0.717, 1.165) is 11.1 Å². The Bertz CT molecular complexity index is 1380. The van der Waals surface area contributed by atoms with Crippen LogP contribution < -0.4 is 15.4 Å². The van der Waals surface area contributed by atoms with E-state index in [9.17, 15) is 19.5 Å². The molecule has 0 aliphatic carbocycles. The summed E-state index contributed by atoms with van der Waals surface area (Å²) in [5.74, 6) is -0.120. The maximum atomic E-state index is 14.3. The van der Waals surface area contributed by atoms with E-state index in [1.165, 1.54) is 17.0 Å². The third kappa shape index (κ3) is 8.73.